The van der Waals surface area contributed by atoms with Crippen LogP contribution in [0, 0.1) is 11.7 Å². The number of aliphatic hydroxyl groups excluding tert-OH is 1. The monoisotopic (exact) mass is 316 g/mol. The van der Waals surface area contributed by atoms with Crippen LogP contribution < -0.4 is 4.74 Å². The van der Waals surface area contributed by atoms with Crippen molar-refractivity contribution in [2.75, 3.05) is 7.11 Å². The van der Waals surface area contributed by atoms with Gasteiger partial charge in [-0.05, 0) is 46.8 Å². The van der Waals surface area contributed by atoms with Gasteiger partial charge in [-0.15, -0.1) is 0 Å². The van der Waals surface area contributed by atoms with Gasteiger partial charge >= 0.3 is 0 Å². The zero-order valence-electron chi connectivity index (χ0n) is 10.5. The summed E-state index contributed by atoms with van der Waals surface area (Å²) in [6.07, 6.45) is 4.62. The van der Waals surface area contributed by atoms with Crippen molar-refractivity contribution in [1.29, 1.82) is 0 Å². The van der Waals surface area contributed by atoms with Gasteiger partial charge in [0.15, 0.2) is 0 Å². The number of benzene rings is 1. The third-order valence-electron chi connectivity index (χ3n) is 3.70. The summed E-state index contributed by atoms with van der Waals surface area (Å²) in [5.41, 5.74) is 0.334. The fourth-order valence-electron chi connectivity index (χ4n) is 2.66. The lowest BCUT2D eigenvalue weighted by Crippen LogP contribution is -2.17. The van der Waals surface area contributed by atoms with E-state index in [9.17, 15) is 9.50 Å². The van der Waals surface area contributed by atoms with E-state index < -0.39 is 6.10 Å². The first-order valence-electron chi connectivity index (χ1n) is 6.35. The molecule has 1 fully saturated rings. The molecule has 0 spiro atoms. The van der Waals surface area contributed by atoms with E-state index >= 15 is 0 Å². The van der Waals surface area contributed by atoms with Crippen molar-refractivity contribution in [3.05, 3.63) is 28.0 Å². The highest BCUT2D eigenvalue weighted by atomic mass is 79.9. The maximum atomic E-state index is 13.9. The third kappa shape index (κ3) is 2.69. The van der Waals surface area contributed by atoms with Crippen LogP contribution in [0.3, 0.4) is 0 Å². The number of rotatable bonds is 3. The zero-order valence-corrected chi connectivity index (χ0v) is 12.0. The first kappa shape index (κ1) is 13.8. The van der Waals surface area contributed by atoms with Gasteiger partial charge < -0.3 is 9.84 Å². The number of hydrogen-bond acceptors (Lipinski definition) is 2. The topological polar surface area (TPSA) is 29.5 Å². The summed E-state index contributed by atoms with van der Waals surface area (Å²) < 4.78 is 19.6. The van der Waals surface area contributed by atoms with Gasteiger partial charge in [0.1, 0.15) is 11.6 Å². The van der Waals surface area contributed by atoms with E-state index in [0.29, 0.717) is 15.8 Å². The van der Waals surface area contributed by atoms with Crippen molar-refractivity contribution in [2.45, 2.75) is 38.2 Å². The summed E-state index contributed by atoms with van der Waals surface area (Å²) in [6.45, 7) is 0. The Morgan fingerprint density at radius 1 is 1.33 bits per heavy atom. The number of halogens is 2. The van der Waals surface area contributed by atoms with Crippen molar-refractivity contribution in [1.82, 2.24) is 0 Å². The Hall–Kier alpha value is -0.610. The van der Waals surface area contributed by atoms with E-state index in [1.165, 1.54) is 19.6 Å². The van der Waals surface area contributed by atoms with Crippen LogP contribution in [0.1, 0.15) is 43.8 Å². The minimum atomic E-state index is -0.755. The lowest BCUT2D eigenvalue weighted by molar-refractivity contribution is 0.0807. The molecule has 1 aromatic rings. The van der Waals surface area contributed by atoms with Crippen LogP contribution in [-0.2, 0) is 0 Å². The van der Waals surface area contributed by atoms with Gasteiger partial charge in [0.05, 0.1) is 17.7 Å². The van der Waals surface area contributed by atoms with Crippen LogP contribution in [0.4, 0.5) is 4.39 Å². The van der Waals surface area contributed by atoms with Crippen molar-refractivity contribution in [2.24, 2.45) is 5.92 Å². The van der Waals surface area contributed by atoms with Gasteiger partial charge in [-0.25, -0.2) is 4.39 Å². The Bertz CT molecular complexity index is 417. The van der Waals surface area contributed by atoms with Crippen LogP contribution in [0.25, 0.3) is 0 Å². The molecule has 1 aliphatic rings. The molecule has 2 rings (SSSR count). The van der Waals surface area contributed by atoms with Crippen LogP contribution in [0.15, 0.2) is 16.6 Å². The van der Waals surface area contributed by atoms with Gasteiger partial charge in [0.2, 0.25) is 0 Å². The summed E-state index contributed by atoms with van der Waals surface area (Å²) in [5.74, 6) is 0.332. The molecule has 4 heteroatoms. The number of hydrogen-bond donors (Lipinski definition) is 1. The Kier molecular flexibility index (Phi) is 4.62. The molecule has 1 aromatic carbocycles. The highest BCUT2D eigenvalue weighted by Crippen LogP contribution is 2.41. The summed E-state index contributed by atoms with van der Waals surface area (Å²) >= 11 is 3.33. The SMILES string of the molecule is COc1ccc(F)c(C(O)C2CCCCC2)c1Br. The van der Waals surface area contributed by atoms with E-state index in [1.807, 2.05) is 0 Å². The second kappa shape index (κ2) is 6.02. The molecule has 0 amide bonds. The quantitative estimate of drug-likeness (QED) is 0.905. The molecule has 1 saturated carbocycles. The van der Waals surface area contributed by atoms with Crippen LogP contribution in [0.5, 0.6) is 5.75 Å². The molecule has 18 heavy (non-hydrogen) atoms. The normalized spacial score (nSPS) is 18.7. The smallest absolute Gasteiger partial charge is 0.133 e. The number of ether oxygens (including phenoxy) is 1. The summed E-state index contributed by atoms with van der Waals surface area (Å²) in [7, 11) is 1.54. The van der Waals surface area contributed by atoms with Crippen LogP contribution >= 0.6 is 15.9 Å². The molecule has 0 aromatic heterocycles. The fourth-order valence-corrected chi connectivity index (χ4v) is 3.38. The molecule has 2 nitrogen and oxygen atoms in total. The highest BCUT2D eigenvalue weighted by Gasteiger charge is 2.28. The van der Waals surface area contributed by atoms with E-state index in [2.05, 4.69) is 15.9 Å². The molecular weight excluding hydrogens is 299 g/mol. The molecule has 1 N–H and O–H groups in total. The standard InChI is InChI=1S/C14H18BrFO2/c1-18-11-8-7-10(16)12(13(11)15)14(17)9-5-3-2-4-6-9/h7-9,14,17H,2-6H2,1H3. The molecule has 100 valence electrons. The highest BCUT2D eigenvalue weighted by molar-refractivity contribution is 9.10. The van der Waals surface area contributed by atoms with Gasteiger partial charge in [-0.1, -0.05) is 19.3 Å². The molecule has 0 heterocycles. The largest absolute Gasteiger partial charge is 0.496 e. The zero-order chi connectivity index (χ0) is 13.1. The average molecular weight is 317 g/mol. The minimum Gasteiger partial charge on any atom is -0.496 e. The Balaban J connectivity index is 2.30. The lowest BCUT2D eigenvalue weighted by atomic mass is 9.82. The number of aliphatic hydroxyl groups is 1. The van der Waals surface area contributed by atoms with E-state index in [4.69, 9.17) is 4.74 Å². The minimum absolute atomic E-state index is 0.150. The van der Waals surface area contributed by atoms with Gasteiger partial charge in [0.25, 0.3) is 0 Å². The van der Waals surface area contributed by atoms with Crippen LogP contribution in [0.2, 0.25) is 0 Å². The number of methoxy groups -OCH3 is 1. The summed E-state index contributed by atoms with van der Waals surface area (Å²) in [6, 6.07) is 2.92. The maximum absolute atomic E-state index is 13.9. The van der Waals surface area contributed by atoms with Crippen LogP contribution in [-0.4, -0.2) is 12.2 Å². The Morgan fingerprint density at radius 2 is 2.00 bits per heavy atom. The molecule has 0 radical (unpaired) electrons. The van der Waals surface area contributed by atoms with Crippen molar-refractivity contribution < 1.29 is 14.2 Å². The van der Waals surface area contributed by atoms with E-state index in [1.54, 1.807) is 6.07 Å². The van der Waals surface area contributed by atoms with E-state index in [0.717, 1.165) is 25.7 Å². The molecule has 1 aliphatic carbocycles. The maximum Gasteiger partial charge on any atom is 0.133 e. The summed E-state index contributed by atoms with van der Waals surface area (Å²) in [4.78, 5) is 0. The predicted molar refractivity (Wildman–Crippen MR) is 72.2 cm³/mol. The molecule has 1 atom stereocenters. The van der Waals surface area contributed by atoms with Gasteiger partial charge in [-0.3, -0.25) is 0 Å². The average Bonchev–Trinajstić information content (AvgIpc) is 2.40. The van der Waals surface area contributed by atoms with Gasteiger partial charge in [-0.2, -0.15) is 0 Å². The Labute approximate surface area is 115 Å². The fraction of sp³-hybridized carbons (Fsp3) is 0.571. The van der Waals surface area contributed by atoms with Crippen molar-refractivity contribution >= 4 is 15.9 Å². The molecule has 1 unspecified atom stereocenters. The molecule has 0 saturated heterocycles. The Morgan fingerprint density at radius 3 is 2.61 bits per heavy atom. The van der Waals surface area contributed by atoms with Crippen molar-refractivity contribution in [3.8, 4) is 5.75 Å². The molecule has 0 bridgehead atoms. The first-order valence-corrected chi connectivity index (χ1v) is 7.14. The second-order valence-corrected chi connectivity index (χ2v) is 5.61. The second-order valence-electron chi connectivity index (χ2n) is 4.82. The molecule has 0 aliphatic heterocycles. The van der Waals surface area contributed by atoms with E-state index in [-0.39, 0.29) is 11.7 Å². The van der Waals surface area contributed by atoms with Crippen molar-refractivity contribution in [3.63, 3.8) is 0 Å². The third-order valence-corrected chi connectivity index (χ3v) is 4.52. The molecular formula is C14H18BrFO2. The lowest BCUT2D eigenvalue weighted by Gasteiger charge is -2.28. The first-order chi connectivity index (χ1) is 8.65. The predicted octanol–water partition coefficient (Wildman–Crippen LogP) is 4.21. The summed E-state index contributed by atoms with van der Waals surface area (Å²) in [5, 5.41) is 10.4. The van der Waals surface area contributed by atoms with Gasteiger partial charge in [0, 0.05) is 5.56 Å².